The molecule has 31 heavy (non-hydrogen) atoms. The zero-order valence-electron chi connectivity index (χ0n) is 20.2. The maximum absolute atomic E-state index is 11.1. The van der Waals surface area contributed by atoms with E-state index in [2.05, 4.69) is 52.0 Å². The zero-order valence-corrected chi connectivity index (χ0v) is 20.2. The molecular formula is C28H38O3. The molecule has 0 heterocycles. The minimum Gasteiger partial charge on any atom is -0.478 e. The van der Waals surface area contributed by atoms with Crippen molar-refractivity contribution < 1.29 is 14.6 Å². The summed E-state index contributed by atoms with van der Waals surface area (Å²) in [6, 6.07) is 11.7. The lowest BCUT2D eigenvalue weighted by atomic mass is 9.62. The molecule has 0 spiro atoms. The van der Waals surface area contributed by atoms with E-state index in [1.165, 1.54) is 35.1 Å². The normalized spacial score (nSPS) is 16.4. The number of hydrogen-bond donors (Lipinski definition) is 1. The van der Waals surface area contributed by atoms with Crippen LogP contribution in [0.15, 0.2) is 36.4 Å². The summed E-state index contributed by atoms with van der Waals surface area (Å²) in [6.07, 6.45) is 7.47. The van der Waals surface area contributed by atoms with Crippen molar-refractivity contribution in [3.05, 3.63) is 69.8 Å². The van der Waals surface area contributed by atoms with Gasteiger partial charge in [0.25, 0.3) is 0 Å². The first-order valence-corrected chi connectivity index (χ1v) is 11.3. The van der Waals surface area contributed by atoms with E-state index in [-0.39, 0.29) is 10.8 Å². The number of methoxy groups -OCH3 is 1. The SMILES string of the molecule is CC.COCCc1cc2c(cc1/C=C/c1ccc(C(=O)O)cc1)C(C)(C)CCC2(C)C. The number of hydrogen-bond acceptors (Lipinski definition) is 2. The van der Waals surface area contributed by atoms with Crippen LogP contribution in [0.5, 0.6) is 0 Å². The Kier molecular flexibility index (Phi) is 8.25. The molecule has 0 radical (unpaired) electrons. The number of carbonyl (C=O) groups is 1. The topological polar surface area (TPSA) is 46.5 Å². The molecule has 0 saturated carbocycles. The fourth-order valence-electron chi connectivity index (χ4n) is 4.18. The van der Waals surface area contributed by atoms with Crippen LogP contribution in [0.25, 0.3) is 12.2 Å². The second-order valence-corrected chi connectivity index (χ2v) is 9.37. The molecule has 1 aliphatic carbocycles. The predicted molar refractivity (Wildman–Crippen MR) is 131 cm³/mol. The number of fused-ring (bicyclic) bond motifs is 1. The smallest absolute Gasteiger partial charge is 0.335 e. The van der Waals surface area contributed by atoms with Crippen LogP contribution in [0, 0.1) is 0 Å². The van der Waals surface area contributed by atoms with Gasteiger partial charge in [0.1, 0.15) is 0 Å². The molecule has 0 fully saturated rings. The molecule has 0 atom stereocenters. The Hall–Kier alpha value is -2.39. The molecule has 0 aromatic heterocycles. The second-order valence-electron chi connectivity index (χ2n) is 9.37. The van der Waals surface area contributed by atoms with Gasteiger partial charge in [-0.1, -0.05) is 78.0 Å². The number of benzene rings is 2. The first-order chi connectivity index (χ1) is 14.6. The van der Waals surface area contributed by atoms with Gasteiger partial charge in [0.05, 0.1) is 12.2 Å². The molecule has 2 aromatic rings. The van der Waals surface area contributed by atoms with E-state index in [1.807, 2.05) is 26.0 Å². The Morgan fingerprint density at radius 2 is 1.52 bits per heavy atom. The number of aromatic carboxylic acids is 1. The number of carboxylic acid groups (broad SMARTS) is 1. The summed E-state index contributed by atoms with van der Waals surface area (Å²) in [5.41, 5.74) is 7.06. The largest absolute Gasteiger partial charge is 0.478 e. The number of carboxylic acids is 1. The fourth-order valence-corrected chi connectivity index (χ4v) is 4.18. The standard InChI is InChI=1S/C26H32O3.C2H6/c1-25(2)13-14-26(3,4)23-17-21(12-15-29-5)20(16-22(23)25)11-8-18-6-9-19(10-7-18)24(27)28;1-2/h6-11,16-17H,12-15H2,1-5H3,(H,27,28);1-2H3/b11-8+;. The number of ether oxygens (including phenoxy) is 1. The van der Waals surface area contributed by atoms with Gasteiger partial charge in [-0.2, -0.15) is 0 Å². The molecule has 3 rings (SSSR count). The van der Waals surface area contributed by atoms with E-state index in [1.54, 1.807) is 19.2 Å². The van der Waals surface area contributed by atoms with Gasteiger partial charge in [-0.15, -0.1) is 0 Å². The van der Waals surface area contributed by atoms with E-state index in [0.717, 1.165) is 12.0 Å². The summed E-state index contributed by atoms with van der Waals surface area (Å²) in [6.45, 7) is 14.1. The van der Waals surface area contributed by atoms with E-state index >= 15 is 0 Å². The summed E-state index contributed by atoms with van der Waals surface area (Å²) in [7, 11) is 1.74. The van der Waals surface area contributed by atoms with Crippen LogP contribution in [0.2, 0.25) is 0 Å². The molecule has 0 saturated heterocycles. The summed E-state index contributed by atoms with van der Waals surface area (Å²) >= 11 is 0. The molecule has 1 N–H and O–H groups in total. The molecule has 0 bridgehead atoms. The van der Waals surface area contributed by atoms with E-state index in [0.29, 0.717) is 12.2 Å². The molecule has 1 aliphatic rings. The molecule has 168 valence electrons. The third kappa shape index (κ3) is 5.86. The van der Waals surface area contributed by atoms with Gasteiger partial charge in [-0.05, 0) is 70.0 Å². The van der Waals surface area contributed by atoms with E-state index < -0.39 is 5.97 Å². The highest BCUT2D eigenvalue weighted by molar-refractivity contribution is 5.88. The van der Waals surface area contributed by atoms with Crippen molar-refractivity contribution in [1.82, 2.24) is 0 Å². The first-order valence-electron chi connectivity index (χ1n) is 11.3. The molecule has 3 heteroatoms. The van der Waals surface area contributed by atoms with Gasteiger partial charge in [-0.3, -0.25) is 0 Å². The zero-order chi connectivity index (χ0) is 23.2. The van der Waals surface area contributed by atoms with Crippen LogP contribution in [0.4, 0.5) is 0 Å². The van der Waals surface area contributed by atoms with Gasteiger partial charge in [0.2, 0.25) is 0 Å². The predicted octanol–water partition coefficient (Wildman–Crippen LogP) is 7.12. The highest BCUT2D eigenvalue weighted by Gasteiger charge is 2.37. The molecular weight excluding hydrogens is 384 g/mol. The molecule has 2 aromatic carbocycles. The minimum absolute atomic E-state index is 0.163. The maximum Gasteiger partial charge on any atom is 0.335 e. The maximum atomic E-state index is 11.1. The van der Waals surface area contributed by atoms with Crippen molar-refractivity contribution in [2.45, 2.75) is 71.6 Å². The van der Waals surface area contributed by atoms with Crippen LogP contribution in [-0.2, 0) is 22.0 Å². The highest BCUT2D eigenvalue weighted by Crippen LogP contribution is 2.46. The Bertz CT molecular complexity index is 918. The quantitative estimate of drug-likeness (QED) is 0.504. The van der Waals surface area contributed by atoms with Crippen LogP contribution < -0.4 is 0 Å². The number of rotatable bonds is 6. The first kappa shape index (κ1) is 24.9. The monoisotopic (exact) mass is 422 g/mol. The van der Waals surface area contributed by atoms with Crippen LogP contribution >= 0.6 is 0 Å². The summed E-state index contributed by atoms with van der Waals surface area (Å²) in [5.74, 6) is -0.901. The van der Waals surface area contributed by atoms with E-state index in [9.17, 15) is 4.79 Å². The fraction of sp³-hybridized carbons (Fsp3) is 0.464. The van der Waals surface area contributed by atoms with Gasteiger partial charge >= 0.3 is 5.97 Å². The Labute approximate surface area is 188 Å². The van der Waals surface area contributed by atoms with Crippen LogP contribution in [0.1, 0.15) is 92.6 Å². The Morgan fingerprint density at radius 3 is 2.03 bits per heavy atom. The molecule has 0 aliphatic heterocycles. The van der Waals surface area contributed by atoms with Gasteiger partial charge < -0.3 is 9.84 Å². The molecule has 0 unspecified atom stereocenters. The summed E-state index contributed by atoms with van der Waals surface area (Å²) < 4.78 is 5.36. The lowest BCUT2D eigenvalue weighted by Gasteiger charge is -2.42. The third-order valence-corrected chi connectivity index (χ3v) is 6.30. The average Bonchev–Trinajstić information content (AvgIpc) is 2.75. The van der Waals surface area contributed by atoms with Crippen LogP contribution in [-0.4, -0.2) is 24.8 Å². The van der Waals surface area contributed by atoms with Gasteiger partial charge in [-0.25, -0.2) is 4.79 Å². The van der Waals surface area contributed by atoms with Crippen molar-refractivity contribution in [3.63, 3.8) is 0 Å². The molecule has 3 nitrogen and oxygen atoms in total. The van der Waals surface area contributed by atoms with Crippen molar-refractivity contribution in [1.29, 1.82) is 0 Å². The lowest BCUT2D eigenvalue weighted by Crippen LogP contribution is -2.34. The third-order valence-electron chi connectivity index (χ3n) is 6.30. The Morgan fingerprint density at radius 1 is 0.968 bits per heavy atom. The summed E-state index contributed by atoms with van der Waals surface area (Å²) in [4.78, 5) is 11.1. The molecule has 0 amide bonds. The van der Waals surface area contributed by atoms with Crippen molar-refractivity contribution in [2.75, 3.05) is 13.7 Å². The lowest BCUT2D eigenvalue weighted by molar-refractivity contribution is 0.0697. The van der Waals surface area contributed by atoms with Crippen molar-refractivity contribution >= 4 is 18.1 Å². The van der Waals surface area contributed by atoms with Gasteiger partial charge in [0.15, 0.2) is 0 Å². The minimum atomic E-state index is -0.901. The van der Waals surface area contributed by atoms with Gasteiger partial charge in [0, 0.05) is 7.11 Å². The second kappa shape index (κ2) is 10.3. The average molecular weight is 423 g/mol. The van der Waals surface area contributed by atoms with Crippen molar-refractivity contribution in [2.24, 2.45) is 0 Å². The highest BCUT2D eigenvalue weighted by atomic mass is 16.5. The summed E-state index contributed by atoms with van der Waals surface area (Å²) in [5, 5.41) is 9.08. The van der Waals surface area contributed by atoms with E-state index in [4.69, 9.17) is 9.84 Å². The van der Waals surface area contributed by atoms with Crippen LogP contribution in [0.3, 0.4) is 0 Å². The Balaban J connectivity index is 0.00000166. The van der Waals surface area contributed by atoms with Crippen molar-refractivity contribution in [3.8, 4) is 0 Å².